The van der Waals surface area contributed by atoms with E-state index < -0.39 is 0 Å². The molecule has 1 heterocycles. The fraction of sp³-hybridized carbons (Fsp3) is 0.600. The first kappa shape index (κ1) is 12.8. The third-order valence-corrected chi connectivity index (χ3v) is 3.45. The standard InChI is InChI=1S/C10H18B3NS/c1-6(2)8(5)14-10(11-12-13-14)9(15)7(3)4/h6-7,12-13H,5H2,1-4H3. The summed E-state index contributed by atoms with van der Waals surface area (Å²) in [5.74, 6) is 0.924. The predicted molar refractivity (Wildman–Crippen MR) is 78.3 cm³/mol. The van der Waals surface area contributed by atoms with Crippen LogP contribution in [0.2, 0.25) is 0 Å². The first-order chi connectivity index (χ1) is 6.95. The van der Waals surface area contributed by atoms with E-state index in [4.69, 9.17) is 12.2 Å². The zero-order chi connectivity index (χ0) is 11.6. The average Bonchev–Trinajstić information content (AvgIpc) is 2.63. The van der Waals surface area contributed by atoms with Gasteiger partial charge in [0.25, 0.3) is 0 Å². The van der Waals surface area contributed by atoms with Crippen LogP contribution in [0.5, 0.6) is 0 Å². The molecule has 0 aromatic carbocycles. The summed E-state index contributed by atoms with van der Waals surface area (Å²) >= 11 is 5.47. The molecule has 1 aliphatic heterocycles. The Morgan fingerprint density at radius 3 is 2.40 bits per heavy atom. The Hall–Kier alpha value is -0.305. The van der Waals surface area contributed by atoms with Gasteiger partial charge in [-0.3, -0.25) is 0 Å². The average molecular weight is 217 g/mol. The van der Waals surface area contributed by atoms with E-state index in [0.29, 0.717) is 11.8 Å². The summed E-state index contributed by atoms with van der Waals surface area (Å²) in [7, 11) is 2.13. The van der Waals surface area contributed by atoms with Gasteiger partial charge in [0.2, 0.25) is 0 Å². The third kappa shape index (κ3) is 2.84. The molecule has 5 heteroatoms. The van der Waals surface area contributed by atoms with Crippen LogP contribution in [-0.2, 0) is 0 Å². The maximum absolute atomic E-state index is 5.47. The van der Waals surface area contributed by atoms with Gasteiger partial charge in [0.05, 0.1) is 0 Å². The fourth-order valence-electron chi connectivity index (χ4n) is 1.70. The van der Waals surface area contributed by atoms with Gasteiger partial charge in [-0.2, -0.15) is 0 Å². The van der Waals surface area contributed by atoms with E-state index in [2.05, 4.69) is 45.9 Å². The first-order valence-electron chi connectivity index (χ1n) is 5.65. The van der Waals surface area contributed by atoms with Crippen molar-refractivity contribution >= 4 is 43.8 Å². The predicted octanol–water partition coefficient (Wildman–Crippen LogP) is 0.950. The fourth-order valence-corrected chi connectivity index (χ4v) is 1.89. The number of hydrogen-bond acceptors (Lipinski definition) is 2. The molecule has 0 amide bonds. The van der Waals surface area contributed by atoms with Gasteiger partial charge in [-0.25, -0.2) is 0 Å². The van der Waals surface area contributed by atoms with Crippen molar-refractivity contribution in [3.63, 3.8) is 0 Å². The topological polar surface area (TPSA) is 3.24 Å². The van der Waals surface area contributed by atoms with Gasteiger partial charge in [0.1, 0.15) is 0 Å². The zero-order valence-electron chi connectivity index (χ0n) is 10.2. The molecule has 0 saturated heterocycles. The zero-order valence-corrected chi connectivity index (χ0v) is 11.0. The molecule has 0 unspecified atom stereocenters. The Morgan fingerprint density at radius 1 is 1.33 bits per heavy atom. The van der Waals surface area contributed by atoms with E-state index in [1.807, 2.05) is 0 Å². The van der Waals surface area contributed by atoms with Gasteiger partial charge in [0.15, 0.2) is 0 Å². The summed E-state index contributed by atoms with van der Waals surface area (Å²) in [6.07, 6.45) is 0. The molecule has 0 bridgehead atoms. The second-order valence-corrected chi connectivity index (χ2v) is 5.13. The van der Waals surface area contributed by atoms with Gasteiger partial charge >= 0.3 is 100 Å². The van der Waals surface area contributed by atoms with E-state index in [1.54, 1.807) is 0 Å². The van der Waals surface area contributed by atoms with Crippen molar-refractivity contribution in [1.82, 2.24) is 4.81 Å². The van der Waals surface area contributed by atoms with Gasteiger partial charge in [-0.05, 0) is 0 Å². The molecule has 0 aromatic rings. The van der Waals surface area contributed by atoms with Crippen molar-refractivity contribution in [2.45, 2.75) is 27.7 Å². The summed E-state index contributed by atoms with van der Waals surface area (Å²) in [6, 6.07) is 0. The minimum absolute atomic E-state index is 0.437. The normalized spacial score (nSPS) is 14.5. The van der Waals surface area contributed by atoms with Crippen molar-refractivity contribution in [3.05, 3.63) is 12.3 Å². The van der Waals surface area contributed by atoms with E-state index in [-0.39, 0.29) is 0 Å². The number of hydrogen-bond donors (Lipinski definition) is 0. The van der Waals surface area contributed by atoms with Crippen LogP contribution in [0.25, 0.3) is 0 Å². The van der Waals surface area contributed by atoms with Crippen LogP contribution in [0.1, 0.15) is 27.7 Å². The molecule has 0 aromatic heterocycles. The van der Waals surface area contributed by atoms with Crippen LogP contribution >= 0.6 is 12.2 Å². The molecular formula is C10H18B3NS. The first-order valence-corrected chi connectivity index (χ1v) is 6.06. The van der Waals surface area contributed by atoms with Crippen molar-refractivity contribution in [1.29, 1.82) is 0 Å². The number of allylic oxidation sites excluding steroid dienone is 1. The maximum atomic E-state index is 5.47. The summed E-state index contributed by atoms with van der Waals surface area (Å²) in [5.41, 5.74) is 2.40. The number of thiocarbonyl (C=S) groups is 1. The Morgan fingerprint density at radius 2 is 1.93 bits per heavy atom. The molecule has 15 heavy (non-hydrogen) atoms. The van der Waals surface area contributed by atoms with Crippen LogP contribution in [0, 0.1) is 11.8 Å². The molecule has 0 atom stereocenters. The molecule has 0 saturated carbocycles. The monoisotopic (exact) mass is 217 g/mol. The van der Waals surface area contributed by atoms with Crippen LogP contribution < -0.4 is 0 Å². The molecule has 0 spiro atoms. The van der Waals surface area contributed by atoms with E-state index >= 15 is 0 Å². The van der Waals surface area contributed by atoms with Crippen molar-refractivity contribution in [2.24, 2.45) is 11.8 Å². The second-order valence-electron chi connectivity index (χ2n) is 4.69. The number of nitrogens with zero attached hydrogens (tertiary/aromatic N) is 1. The molecule has 0 radical (unpaired) electrons. The number of rotatable bonds is 4. The van der Waals surface area contributed by atoms with Gasteiger partial charge in [-0.15, -0.1) is 0 Å². The van der Waals surface area contributed by atoms with Gasteiger partial charge in [-0.1, -0.05) is 0 Å². The van der Waals surface area contributed by atoms with Crippen LogP contribution in [0.3, 0.4) is 0 Å². The molecule has 0 fully saturated rings. The summed E-state index contributed by atoms with van der Waals surface area (Å²) in [5, 5.41) is 0. The molecule has 1 aliphatic rings. The quantitative estimate of drug-likeness (QED) is 0.509. The molecule has 0 N–H and O–H groups in total. The SMILES string of the molecule is C=C(C(C)C)N1BBB=C1C(=S)C(C)C. The molecule has 78 valence electrons. The van der Waals surface area contributed by atoms with Crippen molar-refractivity contribution < 1.29 is 0 Å². The van der Waals surface area contributed by atoms with Gasteiger partial charge in [0, 0.05) is 0 Å². The Labute approximate surface area is 101 Å². The van der Waals surface area contributed by atoms with Gasteiger partial charge < -0.3 is 0 Å². The Balaban J connectivity index is 2.82. The Kier molecular flexibility index (Phi) is 4.38. The molecule has 1 nitrogen and oxygen atoms in total. The van der Waals surface area contributed by atoms with E-state index in [0.717, 1.165) is 19.2 Å². The molecule has 0 aliphatic carbocycles. The summed E-state index contributed by atoms with van der Waals surface area (Å²) in [4.78, 5) is 3.35. The minimum atomic E-state index is 0.437. The van der Waals surface area contributed by atoms with Crippen LogP contribution in [-0.4, -0.2) is 36.4 Å². The summed E-state index contributed by atoms with van der Waals surface area (Å²) < 4.78 is 0. The Bertz CT molecular complexity index is 310. The molecule has 1 rings (SSSR count). The van der Waals surface area contributed by atoms with Crippen molar-refractivity contribution in [2.75, 3.05) is 0 Å². The third-order valence-electron chi connectivity index (χ3n) is 2.77. The van der Waals surface area contributed by atoms with E-state index in [1.165, 1.54) is 11.3 Å². The van der Waals surface area contributed by atoms with Crippen LogP contribution in [0.15, 0.2) is 12.3 Å². The molecular weight excluding hydrogens is 199 g/mol. The summed E-state index contributed by atoms with van der Waals surface area (Å²) in [6.45, 7) is 15.1. The van der Waals surface area contributed by atoms with Crippen LogP contribution in [0.4, 0.5) is 0 Å². The second kappa shape index (κ2) is 5.15. The van der Waals surface area contributed by atoms with Crippen molar-refractivity contribution in [3.8, 4) is 0 Å². The van der Waals surface area contributed by atoms with E-state index in [9.17, 15) is 0 Å².